The zero-order valence-electron chi connectivity index (χ0n) is 11.6. The van der Waals surface area contributed by atoms with Gasteiger partial charge < -0.3 is 20.7 Å². The number of aromatic amines is 1. The number of hydrogen-bond donors (Lipinski definition) is 4. The van der Waals surface area contributed by atoms with E-state index in [0.29, 0.717) is 19.5 Å². The molecule has 4 N–H and O–H groups in total. The lowest BCUT2D eigenvalue weighted by molar-refractivity contribution is 0.183. The number of benzene rings is 1. The monoisotopic (exact) mass is 275 g/mol. The van der Waals surface area contributed by atoms with E-state index in [9.17, 15) is 4.79 Å². The van der Waals surface area contributed by atoms with E-state index in [-0.39, 0.29) is 12.1 Å². The first-order chi connectivity index (χ1) is 9.66. The number of H-pyrrole nitrogens is 1. The van der Waals surface area contributed by atoms with Gasteiger partial charge in [-0.15, -0.1) is 0 Å². The lowest BCUT2D eigenvalue weighted by Crippen LogP contribution is -2.37. The first-order valence-corrected chi connectivity index (χ1v) is 6.91. The maximum atomic E-state index is 11.5. The molecule has 1 unspecified atom stereocenters. The molecule has 2 rings (SSSR count). The van der Waals surface area contributed by atoms with Gasteiger partial charge >= 0.3 is 6.03 Å². The topological polar surface area (TPSA) is 77.2 Å². The number of hydrogen-bond acceptors (Lipinski definition) is 2. The number of aromatic nitrogens is 1. The number of carbonyl (C=O) groups is 1. The molecule has 1 atom stereocenters. The molecule has 1 aromatic heterocycles. The van der Waals surface area contributed by atoms with Crippen LogP contribution in [-0.2, 0) is 6.42 Å². The smallest absolute Gasteiger partial charge is 0.314 e. The van der Waals surface area contributed by atoms with Crippen molar-refractivity contribution in [3.05, 3.63) is 36.0 Å². The molecule has 2 aromatic rings. The third-order valence-corrected chi connectivity index (χ3v) is 3.20. The zero-order valence-corrected chi connectivity index (χ0v) is 11.6. The van der Waals surface area contributed by atoms with Crippen molar-refractivity contribution in [3.8, 4) is 0 Å². The number of urea groups is 1. The van der Waals surface area contributed by atoms with Crippen LogP contribution < -0.4 is 10.6 Å². The minimum Gasteiger partial charge on any atom is -0.393 e. The van der Waals surface area contributed by atoms with Gasteiger partial charge in [0.2, 0.25) is 0 Å². The van der Waals surface area contributed by atoms with Gasteiger partial charge in [-0.1, -0.05) is 18.2 Å². The summed E-state index contributed by atoms with van der Waals surface area (Å²) >= 11 is 0. The molecule has 0 aliphatic carbocycles. The third kappa shape index (κ3) is 3.99. The van der Waals surface area contributed by atoms with Gasteiger partial charge in [-0.2, -0.15) is 0 Å². The molecule has 1 aromatic carbocycles. The van der Waals surface area contributed by atoms with Gasteiger partial charge in [-0.05, 0) is 31.4 Å². The van der Waals surface area contributed by atoms with Crippen molar-refractivity contribution in [2.24, 2.45) is 0 Å². The Hall–Kier alpha value is -2.01. The summed E-state index contributed by atoms with van der Waals surface area (Å²) in [6.07, 6.45) is 2.95. The number of nitrogens with one attached hydrogen (secondary N) is 3. The van der Waals surface area contributed by atoms with Crippen molar-refractivity contribution in [1.82, 2.24) is 15.6 Å². The molecule has 0 aliphatic heterocycles. The van der Waals surface area contributed by atoms with Crippen LogP contribution in [0.5, 0.6) is 0 Å². The van der Waals surface area contributed by atoms with E-state index in [4.69, 9.17) is 5.11 Å². The number of fused-ring (bicyclic) bond motifs is 1. The predicted octanol–water partition coefficient (Wildman–Crippen LogP) is 1.78. The highest BCUT2D eigenvalue weighted by Gasteiger charge is 2.04. The molecule has 0 saturated heterocycles. The van der Waals surface area contributed by atoms with Gasteiger partial charge in [0.05, 0.1) is 6.10 Å². The van der Waals surface area contributed by atoms with Crippen molar-refractivity contribution in [2.45, 2.75) is 25.9 Å². The Balaban J connectivity index is 1.74. The molecule has 108 valence electrons. The van der Waals surface area contributed by atoms with Gasteiger partial charge in [0, 0.05) is 30.2 Å². The van der Waals surface area contributed by atoms with Crippen molar-refractivity contribution in [2.75, 3.05) is 13.1 Å². The summed E-state index contributed by atoms with van der Waals surface area (Å²) in [5.41, 5.74) is 2.31. The average Bonchev–Trinajstić information content (AvgIpc) is 2.82. The fraction of sp³-hybridized carbons (Fsp3) is 0.400. The highest BCUT2D eigenvalue weighted by Crippen LogP contribution is 2.17. The first kappa shape index (κ1) is 14.4. The van der Waals surface area contributed by atoms with Crippen LogP contribution in [0.2, 0.25) is 0 Å². The lowest BCUT2D eigenvalue weighted by atomic mass is 10.1. The number of amides is 2. The summed E-state index contributed by atoms with van der Waals surface area (Å²) in [4.78, 5) is 14.7. The molecule has 1 heterocycles. The maximum Gasteiger partial charge on any atom is 0.314 e. The largest absolute Gasteiger partial charge is 0.393 e. The number of aliphatic hydroxyl groups is 1. The van der Waals surface area contributed by atoms with E-state index in [1.165, 1.54) is 10.9 Å². The Bertz CT molecular complexity index is 563. The van der Waals surface area contributed by atoms with Crippen molar-refractivity contribution in [3.63, 3.8) is 0 Å². The minimum atomic E-state index is -0.387. The molecule has 20 heavy (non-hydrogen) atoms. The Morgan fingerprint density at radius 2 is 2.05 bits per heavy atom. The SMILES string of the molecule is CC(O)CCNC(=O)NCCc1c[nH]c2ccccc12. The molecule has 5 heteroatoms. The van der Waals surface area contributed by atoms with Crippen LogP contribution in [0.1, 0.15) is 18.9 Å². The molecule has 0 fully saturated rings. The third-order valence-electron chi connectivity index (χ3n) is 3.20. The Morgan fingerprint density at radius 3 is 2.85 bits per heavy atom. The van der Waals surface area contributed by atoms with Crippen molar-refractivity contribution in [1.29, 1.82) is 0 Å². The summed E-state index contributed by atoms with van der Waals surface area (Å²) in [6.45, 7) is 2.77. The summed E-state index contributed by atoms with van der Waals surface area (Å²) in [5.74, 6) is 0. The number of aliphatic hydroxyl groups excluding tert-OH is 1. The lowest BCUT2D eigenvalue weighted by Gasteiger charge is -2.08. The van der Waals surface area contributed by atoms with Gasteiger partial charge in [0.15, 0.2) is 0 Å². The number of rotatable bonds is 6. The summed E-state index contributed by atoms with van der Waals surface area (Å²) < 4.78 is 0. The second-order valence-electron chi connectivity index (χ2n) is 4.93. The normalized spacial score (nSPS) is 12.3. The average molecular weight is 275 g/mol. The standard InChI is InChI=1S/C15H21N3O2/c1-11(19)6-8-16-15(20)17-9-7-12-10-18-14-5-3-2-4-13(12)14/h2-5,10-11,18-19H,6-9H2,1H3,(H2,16,17,20). The molecule has 0 aliphatic rings. The molecule has 0 saturated carbocycles. The van der Waals surface area contributed by atoms with Gasteiger partial charge in [0.1, 0.15) is 0 Å². The molecular weight excluding hydrogens is 254 g/mol. The first-order valence-electron chi connectivity index (χ1n) is 6.91. The zero-order chi connectivity index (χ0) is 14.4. The van der Waals surface area contributed by atoms with Crippen LogP contribution in [0, 0.1) is 0 Å². The van der Waals surface area contributed by atoms with Crippen LogP contribution in [0.4, 0.5) is 4.79 Å². The van der Waals surface area contributed by atoms with Gasteiger partial charge in [-0.25, -0.2) is 4.79 Å². The molecule has 0 radical (unpaired) electrons. The Kier molecular flexibility index (Phi) is 5.01. The van der Waals surface area contributed by atoms with Crippen LogP contribution in [-0.4, -0.2) is 35.3 Å². The van der Waals surface area contributed by atoms with E-state index < -0.39 is 0 Å². The summed E-state index contributed by atoms with van der Waals surface area (Å²) in [6, 6.07) is 7.93. The van der Waals surface area contributed by atoms with Crippen LogP contribution in [0.25, 0.3) is 10.9 Å². The van der Waals surface area contributed by atoms with E-state index >= 15 is 0 Å². The molecular formula is C15H21N3O2. The fourth-order valence-electron chi connectivity index (χ4n) is 2.11. The van der Waals surface area contributed by atoms with E-state index in [0.717, 1.165) is 11.9 Å². The van der Waals surface area contributed by atoms with E-state index in [2.05, 4.69) is 21.7 Å². The molecule has 2 amide bonds. The fourth-order valence-corrected chi connectivity index (χ4v) is 2.11. The maximum absolute atomic E-state index is 11.5. The Morgan fingerprint density at radius 1 is 1.30 bits per heavy atom. The summed E-state index contributed by atoms with van der Waals surface area (Å²) in [7, 11) is 0. The number of carbonyl (C=O) groups excluding carboxylic acids is 1. The summed E-state index contributed by atoms with van der Waals surface area (Å²) in [5, 5.41) is 15.8. The van der Waals surface area contributed by atoms with Gasteiger partial charge in [0.25, 0.3) is 0 Å². The molecule has 0 bridgehead atoms. The minimum absolute atomic E-state index is 0.189. The van der Waals surface area contributed by atoms with Crippen molar-refractivity contribution >= 4 is 16.9 Å². The van der Waals surface area contributed by atoms with Crippen molar-refractivity contribution < 1.29 is 9.90 Å². The quantitative estimate of drug-likeness (QED) is 0.648. The Labute approximate surface area is 118 Å². The van der Waals surface area contributed by atoms with E-state index in [1.807, 2.05) is 24.4 Å². The number of para-hydroxylation sites is 1. The molecule has 0 spiro atoms. The van der Waals surface area contributed by atoms with Crippen LogP contribution >= 0.6 is 0 Å². The van der Waals surface area contributed by atoms with Crippen LogP contribution in [0.15, 0.2) is 30.5 Å². The predicted molar refractivity (Wildman–Crippen MR) is 79.7 cm³/mol. The highest BCUT2D eigenvalue weighted by molar-refractivity contribution is 5.83. The second-order valence-corrected chi connectivity index (χ2v) is 4.93. The van der Waals surface area contributed by atoms with E-state index in [1.54, 1.807) is 6.92 Å². The van der Waals surface area contributed by atoms with Crippen LogP contribution in [0.3, 0.4) is 0 Å². The second kappa shape index (κ2) is 6.96. The highest BCUT2D eigenvalue weighted by atomic mass is 16.3. The molecule has 5 nitrogen and oxygen atoms in total. The van der Waals surface area contributed by atoms with Gasteiger partial charge in [-0.3, -0.25) is 0 Å².